The first kappa shape index (κ1) is 13.3. The van der Waals surface area contributed by atoms with E-state index in [0.29, 0.717) is 17.3 Å². The number of likely N-dealkylation sites (tertiary alicyclic amines) is 1. The van der Waals surface area contributed by atoms with Gasteiger partial charge in [-0.2, -0.15) is 0 Å². The first-order valence-corrected chi connectivity index (χ1v) is 6.82. The van der Waals surface area contributed by atoms with Crippen LogP contribution in [0, 0.1) is 5.92 Å². The van der Waals surface area contributed by atoms with Crippen LogP contribution in [0.4, 0.5) is 5.82 Å². The van der Waals surface area contributed by atoms with E-state index in [0.717, 1.165) is 24.0 Å². The summed E-state index contributed by atoms with van der Waals surface area (Å²) in [7, 11) is 0. The Bertz CT molecular complexity index is 452. The molecule has 1 saturated heterocycles. The Kier molecular flexibility index (Phi) is 4.19. The fourth-order valence-electron chi connectivity index (χ4n) is 2.26. The molecule has 6 heteroatoms. The molecule has 3 N–H and O–H groups in total. The lowest BCUT2D eigenvalue weighted by Crippen LogP contribution is -2.39. The Labute approximate surface area is 115 Å². The van der Waals surface area contributed by atoms with Gasteiger partial charge in [0.05, 0.1) is 5.56 Å². The third-order valence-electron chi connectivity index (χ3n) is 3.17. The number of nitrogen functional groups attached to an aromatic ring is 1. The van der Waals surface area contributed by atoms with E-state index in [4.69, 9.17) is 5.84 Å². The monoisotopic (exact) mass is 312 g/mol. The number of nitrogens with zero attached hydrogens (tertiary/aromatic N) is 2. The minimum atomic E-state index is -0.0108. The van der Waals surface area contributed by atoms with E-state index in [9.17, 15) is 4.79 Å². The Hall–Kier alpha value is -1.14. The van der Waals surface area contributed by atoms with Crippen molar-refractivity contribution in [3.63, 3.8) is 0 Å². The second kappa shape index (κ2) is 5.67. The summed E-state index contributed by atoms with van der Waals surface area (Å²) in [5, 5.41) is 0. The molecule has 18 heavy (non-hydrogen) atoms. The van der Waals surface area contributed by atoms with Gasteiger partial charge in [0.2, 0.25) is 0 Å². The van der Waals surface area contributed by atoms with Gasteiger partial charge in [-0.3, -0.25) is 4.79 Å². The van der Waals surface area contributed by atoms with E-state index in [1.54, 1.807) is 12.3 Å². The molecule has 98 valence electrons. The molecule has 1 aliphatic rings. The molecule has 0 bridgehead atoms. The van der Waals surface area contributed by atoms with Crippen molar-refractivity contribution in [2.24, 2.45) is 11.8 Å². The van der Waals surface area contributed by atoms with Crippen LogP contribution in [0.25, 0.3) is 0 Å². The first-order chi connectivity index (χ1) is 8.61. The van der Waals surface area contributed by atoms with Gasteiger partial charge in [-0.25, -0.2) is 10.8 Å². The van der Waals surface area contributed by atoms with E-state index in [1.807, 2.05) is 4.90 Å². The lowest BCUT2D eigenvalue weighted by atomic mass is 9.99. The lowest BCUT2D eigenvalue weighted by molar-refractivity contribution is 0.0683. The number of anilines is 1. The molecule has 1 unspecified atom stereocenters. The maximum absolute atomic E-state index is 12.4. The molecular weight excluding hydrogens is 296 g/mol. The molecule has 0 radical (unpaired) electrons. The Morgan fingerprint density at radius 3 is 3.11 bits per heavy atom. The number of aromatic nitrogens is 1. The van der Waals surface area contributed by atoms with Crippen molar-refractivity contribution in [3.05, 3.63) is 22.3 Å². The molecule has 1 fully saturated rings. The smallest absolute Gasteiger partial charge is 0.257 e. The number of carbonyl (C=O) groups excluding carboxylic acids is 1. The van der Waals surface area contributed by atoms with Crippen LogP contribution in [0.2, 0.25) is 0 Å². The van der Waals surface area contributed by atoms with Crippen LogP contribution in [0.5, 0.6) is 0 Å². The number of hydrogen-bond acceptors (Lipinski definition) is 4. The van der Waals surface area contributed by atoms with Crippen molar-refractivity contribution < 1.29 is 4.79 Å². The summed E-state index contributed by atoms with van der Waals surface area (Å²) in [6.07, 6.45) is 3.85. The minimum Gasteiger partial charge on any atom is -0.338 e. The van der Waals surface area contributed by atoms with Crippen LogP contribution < -0.4 is 11.3 Å². The maximum Gasteiger partial charge on any atom is 0.257 e. The number of piperidine rings is 1. The average Bonchev–Trinajstić information content (AvgIpc) is 2.38. The molecule has 1 aromatic rings. The largest absolute Gasteiger partial charge is 0.338 e. The topological polar surface area (TPSA) is 71.2 Å². The highest BCUT2D eigenvalue weighted by Gasteiger charge is 2.24. The highest BCUT2D eigenvalue weighted by Crippen LogP contribution is 2.22. The molecule has 1 amide bonds. The number of carbonyl (C=O) groups is 1. The van der Waals surface area contributed by atoms with Gasteiger partial charge in [-0.05, 0) is 40.8 Å². The van der Waals surface area contributed by atoms with Crippen molar-refractivity contribution in [2.45, 2.75) is 19.8 Å². The Morgan fingerprint density at radius 2 is 2.44 bits per heavy atom. The third-order valence-corrected chi connectivity index (χ3v) is 3.60. The van der Waals surface area contributed by atoms with Gasteiger partial charge >= 0.3 is 0 Å². The first-order valence-electron chi connectivity index (χ1n) is 6.03. The Morgan fingerprint density at radius 1 is 1.67 bits per heavy atom. The summed E-state index contributed by atoms with van der Waals surface area (Å²) in [5.41, 5.74) is 2.99. The van der Waals surface area contributed by atoms with Gasteiger partial charge in [-0.15, -0.1) is 0 Å². The summed E-state index contributed by atoms with van der Waals surface area (Å²) in [6.45, 7) is 3.77. The average molecular weight is 313 g/mol. The van der Waals surface area contributed by atoms with Crippen molar-refractivity contribution in [1.82, 2.24) is 9.88 Å². The molecule has 2 rings (SSSR count). The number of nitrogens with one attached hydrogen (secondary N) is 1. The standard InChI is InChI=1S/C12H17BrN4O/c1-8-3-2-4-17(7-8)12(18)10-5-9(13)6-15-11(10)16-14/h5-6,8H,2-4,7,14H2,1H3,(H,15,16). The van der Waals surface area contributed by atoms with Crippen molar-refractivity contribution in [2.75, 3.05) is 18.5 Å². The predicted octanol–water partition coefficient (Wildman–Crippen LogP) is 2.00. The lowest BCUT2D eigenvalue weighted by Gasteiger charge is -2.31. The molecule has 1 aromatic heterocycles. The highest BCUT2D eigenvalue weighted by atomic mass is 79.9. The van der Waals surface area contributed by atoms with Gasteiger partial charge < -0.3 is 10.3 Å². The van der Waals surface area contributed by atoms with Crippen molar-refractivity contribution in [1.29, 1.82) is 0 Å². The number of rotatable bonds is 2. The van der Waals surface area contributed by atoms with E-state index in [2.05, 4.69) is 33.3 Å². The molecule has 1 atom stereocenters. The number of amides is 1. The van der Waals surface area contributed by atoms with Crippen LogP contribution in [0.1, 0.15) is 30.1 Å². The second-order valence-electron chi connectivity index (χ2n) is 4.69. The summed E-state index contributed by atoms with van der Waals surface area (Å²) in [4.78, 5) is 18.4. The molecule has 0 spiro atoms. The van der Waals surface area contributed by atoms with Gasteiger partial charge in [0, 0.05) is 23.8 Å². The van der Waals surface area contributed by atoms with Gasteiger partial charge in [0.1, 0.15) is 0 Å². The molecule has 2 heterocycles. The zero-order chi connectivity index (χ0) is 13.1. The molecule has 5 nitrogen and oxygen atoms in total. The van der Waals surface area contributed by atoms with E-state index < -0.39 is 0 Å². The third kappa shape index (κ3) is 2.81. The fourth-order valence-corrected chi connectivity index (χ4v) is 2.59. The quantitative estimate of drug-likeness (QED) is 0.647. The molecule has 1 aliphatic heterocycles. The van der Waals surface area contributed by atoms with E-state index in [-0.39, 0.29) is 5.91 Å². The van der Waals surface area contributed by atoms with Crippen molar-refractivity contribution >= 4 is 27.7 Å². The van der Waals surface area contributed by atoms with E-state index in [1.165, 1.54) is 6.42 Å². The number of hydrogen-bond donors (Lipinski definition) is 2. The summed E-state index contributed by atoms with van der Waals surface area (Å²) < 4.78 is 0.773. The van der Waals surface area contributed by atoms with Gasteiger partial charge in [0.25, 0.3) is 5.91 Å². The maximum atomic E-state index is 12.4. The van der Waals surface area contributed by atoms with Crippen LogP contribution in [0.15, 0.2) is 16.7 Å². The fraction of sp³-hybridized carbons (Fsp3) is 0.500. The number of pyridine rings is 1. The van der Waals surface area contributed by atoms with Gasteiger partial charge in [-0.1, -0.05) is 6.92 Å². The van der Waals surface area contributed by atoms with Gasteiger partial charge in [0.15, 0.2) is 5.82 Å². The number of hydrazine groups is 1. The number of halogens is 1. The molecular formula is C12H17BrN4O. The summed E-state index contributed by atoms with van der Waals surface area (Å²) >= 11 is 3.33. The highest BCUT2D eigenvalue weighted by molar-refractivity contribution is 9.10. The minimum absolute atomic E-state index is 0.0108. The SMILES string of the molecule is CC1CCCN(C(=O)c2cc(Br)cnc2NN)C1. The van der Waals surface area contributed by atoms with Crippen LogP contribution >= 0.6 is 15.9 Å². The molecule has 0 aromatic carbocycles. The van der Waals surface area contributed by atoms with Crippen LogP contribution in [-0.4, -0.2) is 28.9 Å². The van der Waals surface area contributed by atoms with Crippen LogP contribution in [0.3, 0.4) is 0 Å². The second-order valence-corrected chi connectivity index (χ2v) is 5.61. The zero-order valence-corrected chi connectivity index (χ0v) is 11.9. The Balaban J connectivity index is 2.24. The molecule has 0 saturated carbocycles. The summed E-state index contributed by atoms with van der Waals surface area (Å²) in [6, 6.07) is 1.75. The van der Waals surface area contributed by atoms with Crippen molar-refractivity contribution in [3.8, 4) is 0 Å². The van der Waals surface area contributed by atoms with E-state index >= 15 is 0 Å². The molecule has 0 aliphatic carbocycles. The predicted molar refractivity (Wildman–Crippen MR) is 74.0 cm³/mol. The normalized spacial score (nSPS) is 19.7. The van der Waals surface area contributed by atoms with Crippen LogP contribution in [-0.2, 0) is 0 Å². The zero-order valence-electron chi connectivity index (χ0n) is 10.3. The summed E-state index contributed by atoms with van der Waals surface area (Å²) in [5.74, 6) is 6.36. The number of nitrogens with two attached hydrogens (primary N) is 1.